The maximum atomic E-state index is 11.8. The largest absolute Gasteiger partial charge is 0.316 e. The molecule has 19 heavy (non-hydrogen) atoms. The first-order valence-electron chi connectivity index (χ1n) is 6.19. The molecule has 1 aromatic carbocycles. The lowest BCUT2D eigenvalue weighted by molar-refractivity contribution is 0.601. The Balaban J connectivity index is 2.04. The highest BCUT2D eigenvalue weighted by Crippen LogP contribution is 2.41. The van der Waals surface area contributed by atoms with Gasteiger partial charge in [0.05, 0.1) is 17.5 Å². The van der Waals surface area contributed by atoms with Gasteiger partial charge in [-0.2, -0.15) is 0 Å². The summed E-state index contributed by atoms with van der Waals surface area (Å²) in [4.78, 5) is 1.90. The molecule has 2 aliphatic heterocycles. The third-order valence-corrected chi connectivity index (χ3v) is 6.84. The van der Waals surface area contributed by atoms with E-state index in [9.17, 15) is 8.42 Å². The first kappa shape index (κ1) is 13.0. The maximum Gasteiger partial charge on any atom is 0.161 e. The first-order valence-corrected chi connectivity index (χ1v) is 8.89. The summed E-state index contributed by atoms with van der Waals surface area (Å²) in [6.07, 6.45) is 0. The Morgan fingerprint density at radius 2 is 2.05 bits per heavy atom. The third-order valence-electron chi connectivity index (χ3n) is 3.71. The summed E-state index contributed by atoms with van der Waals surface area (Å²) in [7, 11) is -2.95. The molecule has 3 rings (SSSR count). The molecule has 0 amide bonds. The van der Waals surface area contributed by atoms with E-state index in [1.54, 1.807) is 0 Å². The van der Waals surface area contributed by atoms with E-state index in [4.69, 9.17) is 5.41 Å². The molecule has 6 heteroatoms. The second-order valence-corrected chi connectivity index (χ2v) is 8.65. The van der Waals surface area contributed by atoms with Gasteiger partial charge in [0.2, 0.25) is 0 Å². The van der Waals surface area contributed by atoms with Crippen molar-refractivity contribution in [3.05, 3.63) is 29.3 Å². The normalized spacial score (nSPS) is 28.7. The molecule has 0 bridgehead atoms. The van der Waals surface area contributed by atoms with Gasteiger partial charge in [0, 0.05) is 10.9 Å². The zero-order chi connectivity index (χ0) is 13.8. The van der Waals surface area contributed by atoms with Gasteiger partial charge in [0.15, 0.2) is 15.0 Å². The number of hydrogen-bond acceptors (Lipinski definition) is 4. The number of nitrogens with zero attached hydrogens (tertiary/aromatic N) is 1. The number of fused-ring (bicyclic) bond motifs is 1. The van der Waals surface area contributed by atoms with Crippen molar-refractivity contribution in [2.45, 2.75) is 25.1 Å². The van der Waals surface area contributed by atoms with Crippen molar-refractivity contribution in [2.24, 2.45) is 0 Å². The maximum absolute atomic E-state index is 11.8. The van der Waals surface area contributed by atoms with Crippen molar-refractivity contribution >= 4 is 32.5 Å². The van der Waals surface area contributed by atoms with Crippen LogP contribution in [-0.4, -0.2) is 36.4 Å². The number of anilines is 1. The van der Waals surface area contributed by atoms with Gasteiger partial charge >= 0.3 is 0 Å². The molecule has 0 radical (unpaired) electrons. The molecule has 102 valence electrons. The summed E-state index contributed by atoms with van der Waals surface area (Å²) < 4.78 is 23.5. The van der Waals surface area contributed by atoms with Crippen LogP contribution in [-0.2, 0) is 9.84 Å². The quantitative estimate of drug-likeness (QED) is 0.860. The highest BCUT2D eigenvalue weighted by Gasteiger charge is 2.48. The lowest BCUT2D eigenvalue weighted by atomic mass is 10.1. The number of rotatable bonds is 1. The first-order chi connectivity index (χ1) is 8.87. The molecule has 2 atom stereocenters. The van der Waals surface area contributed by atoms with Gasteiger partial charge in [-0.1, -0.05) is 23.9 Å². The van der Waals surface area contributed by atoms with Crippen LogP contribution in [0.15, 0.2) is 18.2 Å². The number of benzene rings is 1. The van der Waals surface area contributed by atoms with E-state index in [0.717, 1.165) is 16.8 Å². The molecular weight excluding hydrogens is 280 g/mol. The van der Waals surface area contributed by atoms with Gasteiger partial charge in [-0.3, -0.25) is 5.41 Å². The minimum absolute atomic E-state index is 0.0115. The van der Waals surface area contributed by atoms with Crippen LogP contribution in [0.5, 0.6) is 0 Å². The molecule has 2 aliphatic rings. The Morgan fingerprint density at radius 1 is 1.32 bits per heavy atom. The van der Waals surface area contributed by atoms with Gasteiger partial charge in [-0.25, -0.2) is 8.42 Å². The highest BCUT2D eigenvalue weighted by atomic mass is 32.2. The number of thioether (sulfide) groups is 1. The molecule has 0 aliphatic carbocycles. The van der Waals surface area contributed by atoms with E-state index < -0.39 is 9.84 Å². The lowest BCUT2D eigenvalue weighted by Gasteiger charge is -2.26. The summed E-state index contributed by atoms with van der Waals surface area (Å²) in [5.74, 6) is 0.368. The molecule has 1 aromatic rings. The summed E-state index contributed by atoms with van der Waals surface area (Å²) in [5.41, 5.74) is 3.19. The van der Waals surface area contributed by atoms with Gasteiger partial charge in [0.1, 0.15) is 0 Å². The van der Waals surface area contributed by atoms with Crippen molar-refractivity contribution < 1.29 is 8.42 Å². The van der Waals surface area contributed by atoms with Crippen LogP contribution in [0.2, 0.25) is 0 Å². The standard InChI is InChI=1S/C13H16N2O2S2/c1-8-3-4-9(2)10(5-8)15-11-6-19(16,17)7-12(11)18-13(15)14/h3-5,11-12,14H,6-7H2,1-2H3/t11-,12-/m1/s1. The van der Waals surface area contributed by atoms with E-state index in [-0.39, 0.29) is 22.8 Å². The van der Waals surface area contributed by atoms with Crippen LogP contribution in [0.25, 0.3) is 0 Å². The third kappa shape index (κ3) is 2.17. The predicted octanol–water partition coefficient (Wildman–Crippen LogP) is 1.96. The number of sulfone groups is 1. The van der Waals surface area contributed by atoms with E-state index in [1.807, 2.05) is 36.9 Å². The molecule has 0 aromatic heterocycles. The van der Waals surface area contributed by atoms with Crippen molar-refractivity contribution in [1.29, 1.82) is 5.41 Å². The van der Waals surface area contributed by atoms with Crippen LogP contribution in [0.4, 0.5) is 5.69 Å². The molecule has 0 saturated carbocycles. The molecule has 0 unspecified atom stereocenters. The summed E-state index contributed by atoms with van der Waals surface area (Å²) in [5, 5.41) is 8.61. The molecule has 2 heterocycles. The van der Waals surface area contributed by atoms with E-state index in [2.05, 4.69) is 0 Å². The van der Waals surface area contributed by atoms with Crippen molar-refractivity contribution in [3.8, 4) is 0 Å². The Kier molecular flexibility index (Phi) is 2.90. The van der Waals surface area contributed by atoms with E-state index in [1.165, 1.54) is 11.8 Å². The van der Waals surface area contributed by atoms with Crippen LogP contribution >= 0.6 is 11.8 Å². The fraction of sp³-hybridized carbons (Fsp3) is 0.462. The molecule has 2 saturated heterocycles. The SMILES string of the molecule is Cc1ccc(C)c(N2C(=N)S[C@@H]3CS(=O)(=O)C[C@H]32)c1. The molecule has 1 N–H and O–H groups in total. The number of aryl methyl sites for hydroxylation is 2. The Hall–Kier alpha value is -1.01. The lowest BCUT2D eigenvalue weighted by Crippen LogP contribution is -2.37. The monoisotopic (exact) mass is 296 g/mol. The highest BCUT2D eigenvalue weighted by molar-refractivity contribution is 8.15. The van der Waals surface area contributed by atoms with Gasteiger partial charge in [0.25, 0.3) is 0 Å². The van der Waals surface area contributed by atoms with Gasteiger partial charge in [-0.15, -0.1) is 0 Å². The smallest absolute Gasteiger partial charge is 0.161 e. The minimum Gasteiger partial charge on any atom is -0.316 e. The predicted molar refractivity (Wildman–Crippen MR) is 79.9 cm³/mol. The topological polar surface area (TPSA) is 61.2 Å². The molecule has 0 spiro atoms. The van der Waals surface area contributed by atoms with Crippen LogP contribution in [0.1, 0.15) is 11.1 Å². The summed E-state index contributed by atoms with van der Waals surface area (Å²) in [6, 6.07) is 6.02. The van der Waals surface area contributed by atoms with E-state index in [0.29, 0.717) is 5.17 Å². The molecular formula is C13H16N2O2S2. The molecule has 2 fully saturated rings. The van der Waals surface area contributed by atoms with Crippen LogP contribution in [0.3, 0.4) is 0 Å². The average Bonchev–Trinajstić information content (AvgIpc) is 2.73. The Bertz CT molecular complexity index is 655. The number of amidine groups is 1. The summed E-state index contributed by atoms with van der Waals surface area (Å²) >= 11 is 1.39. The van der Waals surface area contributed by atoms with Gasteiger partial charge in [-0.05, 0) is 31.0 Å². The fourth-order valence-electron chi connectivity index (χ4n) is 2.77. The summed E-state index contributed by atoms with van der Waals surface area (Å²) in [6.45, 7) is 4.02. The Labute approximate surface area is 117 Å². The molecule has 4 nitrogen and oxygen atoms in total. The van der Waals surface area contributed by atoms with E-state index >= 15 is 0 Å². The second-order valence-electron chi connectivity index (χ2n) is 5.27. The number of hydrogen-bond donors (Lipinski definition) is 1. The average molecular weight is 296 g/mol. The zero-order valence-corrected chi connectivity index (χ0v) is 12.5. The van der Waals surface area contributed by atoms with Crippen molar-refractivity contribution in [2.75, 3.05) is 16.4 Å². The second kappa shape index (κ2) is 4.24. The Morgan fingerprint density at radius 3 is 2.79 bits per heavy atom. The fourth-order valence-corrected chi connectivity index (χ4v) is 6.55. The van der Waals surface area contributed by atoms with Crippen molar-refractivity contribution in [3.63, 3.8) is 0 Å². The zero-order valence-electron chi connectivity index (χ0n) is 10.9. The number of nitrogens with one attached hydrogen (secondary N) is 1. The van der Waals surface area contributed by atoms with Gasteiger partial charge < -0.3 is 4.90 Å². The van der Waals surface area contributed by atoms with Crippen LogP contribution in [0, 0.1) is 19.3 Å². The van der Waals surface area contributed by atoms with Crippen LogP contribution < -0.4 is 4.90 Å². The van der Waals surface area contributed by atoms with Crippen molar-refractivity contribution in [1.82, 2.24) is 0 Å². The minimum atomic E-state index is -2.95.